The Kier molecular flexibility index (Phi) is 5.08. The molecule has 0 fully saturated rings. The summed E-state index contributed by atoms with van der Waals surface area (Å²) in [6.45, 7) is 2.39. The van der Waals surface area contributed by atoms with E-state index in [-0.39, 0.29) is 10.8 Å². The van der Waals surface area contributed by atoms with Crippen LogP contribution in [0.2, 0.25) is 0 Å². The molecule has 0 aliphatic rings. The van der Waals surface area contributed by atoms with Crippen molar-refractivity contribution in [1.82, 2.24) is 5.32 Å². The molecule has 0 saturated carbocycles. The molecule has 0 spiro atoms. The van der Waals surface area contributed by atoms with E-state index < -0.39 is 22.3 Å². The number of rotatable bonds is 5. The first-order valence-electron chi connectivity index (χ1n) is 5.20. The van der Waals surface area contributed by atoms with Crippen molar-refractivity contribution in [2.45, 2.75) is 12.2 Å². The van der Waals surface area contributed by atoms with E-state index in [1.807, 2.05) is 13.2 Å². The molecule has 0 aromatic heterocycles. The van der Waals surface area contributed by atoms with Crippen LogP contribution in [0.15, 0.2) is 18.2 Å². The Hall–Kier alpha value is -1.63. The van der Waals surface area contributed by atoms with E-state index in [0.717, 1.165) is 12.1 Å². The third-order valence-electron chi connectivity index (χ3n) is 2.36. The summed E-state index contributed by atoms with van der Waals surface area (Å²) < 4.78 is 13.1. The van der Waals surface area contributed by atoms with Crippen molar-refractivity contribution >= 4 is 23.4 Å². The van der Waals surface area contributed by atoms with Gasteiger partial charge in [0.2, 0.25) is 5.82 Å². The molecule has 7 heteroatoms. The molecule has 98 valence electrons. The number of nitrogens with one attached hydrogen (secondary N) is 1. The normalized spacial score (nSPS) is 11.9. The van der Waals surface area contributed by atoms with Crippen molar-refractivity contribution in [2.24, 2.45) is 0 Å². The smallest absolute Gasteiger partial charge is 0.305 e. The number of halogens is 1. The minimum atomic E-state index is -0.950. The molecular weight excluding hydrogens is 259 g/mol. The number of hydrogen-bond donors (Lipinski definition) is 1. The fourth-order valence-corrected chi connectivity index (χ4v) is 1.47. The van der Waals surface area contributed by atoms with E-state index in [1.165, 1.54) is 6.07 Å². The largest absolute Gasteiger partial charge is 0.351 e. The lowest BCUT2D eigenvalue weighted by molar-refractivity contribution is -0.387. The molecule has 0 saturated heterocycles. The zero-order valence-corrected chi connectivity index (χ0v) is 10.8. The number of hydrogen-bond acceptors (Lipinski definition) is 4. The third-order valence-corrected chi connectivity index (χ3v) is 3.33. The zero-order chi connectivity index (χ0) is 13.7. The second-order valence-corrected chi connectivity index (χ2v) is 4.96. The molecule has 1 N–H and O–H groups in total. The number of thioether (sulfide) groups is 1. The summed E-state index contributed by atoms with van der Waals surface area (Å²) >= 11 is 1.59. The van der Waals surface area contributed by atoms with Gasteiger partial charge in [0.05, 0.1) is 4.92 Å². The minimum Gasteiger partial charge on any atom is -0.351 e. The van der Waals surface area contributed by atoms with E-state index in [9.17, 15) is 19.3 Å². The maximum atomic E-state index is 13.1. The highest BCUT2D eigenvalue weighted by Gasteiger charge is 2.17. The highest BCUT2D eigenvalue weighted by atomic mass is 32.2. The average Bonchev–Trinajstić information content (AvgIpc) is 2.35. The van der Waals surface area contributed by atoms with Crippen molar-refractivity contribution < 1.29 is 14.1 Å². The topological polar surface area (TPSA) is 72.2 Å². The Morgan fingerprint density at radius 1 is 1.61 bits per heavy atom. The van der Waals surface area contributed by atoms with Gasteiger partial charge in [0.25, 0.3) is 5.91 Å². The average molecular weight is 272 g/mol. The third kappa shape index (κ3) is 3.69. The predicted molar refractivity (Wildman–Crippen MR) is 68.4 cm³/mol. The fraction of sp³-hybridized carbons (Fsp3) is 0.364. The van der Waals surface area contributed by atoms with Gasteiger partial charge in [-0.05, 0) is 18.4 Å². The molecule has 1 atom stereocenters. The van der Waals surface area contributed by atoms with E-state index in [2.05, 4.69) is 5.32 Å². The molecule has 0 aliphatic carbocycles. The molecule has 0 heterocycles. The van der Waals surface area contributed by atoms with Gasteiger partial charge in [0.1, 0.15) is 0 Å². The van der Waals surface area contributed by atoms with E-state index in [0.29, 0.717) is 6.54 Å². The van der Waals surface area contributed by atoms with Crippen LogP contribution >= 0.6 is 11.8 Å². The number of carbonyl (C=O) groups is 1. The van der Waals surface area contributed by atoms with Crippen LogP contribution in [0.1, 0.15) is 17.3 Å². The highest BCUT2D eigenvalue weighted by molar-refractivity contribution is 7.99. The monoisotopic (exact) mass is 272 g/mol. The number of nitro groups is 1. The maximum Gasteiger partial charge on any atom is 0.305 e. The van der Waals surface area contributed by atoms with Crippen LogP contribution in [0.5, 0.6) is 0 Å². The van der Waals surface area contributed by atoms with Gasteiger partial charge in [0.15, 0.2) is 0 Å². The van der Waals surface area contributed by atoms with Crippen molar-refractivity contribution in [3.8, 4) is 0 Å². The van der Waals surface area contributed by atoms with Crippen molar-refractivity contribution in [1.29, 1.82) is 0 Å². The summed E-state index contributed by atoms with van der Waals surface area (Å²) in [5, 5.41) is 13.4. The Bertz CT molecular complexity index is 468. The molecule has 1 aromatic carbocycles. The molecule has 5 nitrogen and oxygen atoms in total. The van der Waals surface area contributed by atoms with Gasteiger partial charge in [-0.2, -0.15) is 16.2 Å². The van der Waals surface area contributed by atoms with E-state index in [1.54, 1.807) is 11.8 Å². The number of carbonyl (C=O) groups excluding carboxylic acids is 1. The summed E-state index contributed by atoms with van der Waals surface area (Å²) in [6.07, 6.45) is 1.92. The molecule has 0 radical (unpaired) electrons. The molecular formula is C11H13FN2O3S. The Morgan fingerprint density at radius 3 is 2.83 bits per heavy atom. The van der Waals surface area contributed by atoms with Gasteiger partial charge in [0, 0.05) is 23.4 Å². The Morgan fingerprint density at radius 2 is 2.28 bits per heavy atom. The molecule has 1 aromatic rings. The van der Waals surface area contributed by atoms with Gasteiger partial charge < -0.3 is 5.32 Å². The number of amides is 1. The number of nitro benzene ring substituents is 1. The fourth-order valence-electron chi connectivity index (χ4n) is 1.22. The second-order valence-electron chi connectivity index (χ2n) is 3.68. The van der Waals surface area contributed by atoms with Crippen LogP contribution < -0.4 is 5.32 Å². The summed E-state index contributed by atoms with van der Waals surface area (Å²) in [5.41, 5.74) is -0.614. The quantitative estimate of drug-likeness (QED) is 0.659. The highest BCUT2D eigenvalue weighted by Crippen LogP contribution is 2.18. The molecule has 18 heavy (non-hydrogen) atoms. The summed E-state index contributed by atoms with van der Waals surface area (Å²) in [4.78, 5) is 21.4. The molecule has 1 rings (SSSR count). The summed E-state index contributed by atoms with van der Waals surface area (Å²) in [7, 11) is 0. The zero-order valence-electron chi connectivity index (χ0n) is 9.97. The van der Waals surface area contributed by atoms with Gasteiger partial charge in [-0.3, -0.25) is 14.9 Å². The lowest BCUT2D eigenvalue weighted by atomic mass is 10.2. The first kappa shape index (κ1) is 14.4. The summed E-state index contributed by atoms with van der Waals surface area (Å²) in [6, 6.07) is 3.08. The minimum absolute atomic E-state index is 0.0800. The Labute approximate surface area is 108 Å². The van der Waals surface area contributed by atoms with E-state index >= 15 is 0 Å². The van der Waals surface area contributed by atoms with Crippen LogP contribution in [0.25, 0.3) is 0 Å². The van der Waals surface area contributed by atoms with Crippen LogP contribution in [-0.2, 0) is 0 Å². The predicted octanol–water partition coefficient (Wildman–Crippen LogP) is 2.22. The molecule has 0 bridgehead atoms. The van der Waals surface area contributed by atoms with Crippen molar-refractivity contribution in [2.75, 3.05) is 12.8 Å². The molecule has 1 unspecified atom stereocenters. The first-order valence-corrected chi connectivity index (χ1v) is 6.49. The van der Waals surface area contributed by atoms with Crippen LogP contribution in [0.3, 0.4) is 0 Å². The van der Waals surface area contributed by atoms with Crippen molar-refractivity contribution in [3.05, 3.63) is 39.7 Å². The first-order chi connectivity index (χ1) is 8.45. The standard InChI is InChI=1S/C11H13FN2O3S/c1-7(18-2)6-13-11(15)8-3-4-9(12)10(5-8)14(16)17/h3-5,7H,6H2,1-2H3,(H,13,15). The van der Waals surface area contributed by atoms with Crippen LogP contribution in [0.4, 0.5) is 10.1 Å². The van der Waals surface area contributed by atoms with Gasteiger partial charge in [-0.25, -0.2) is 0 Å². The molecule has 1 amide bonds. The van der Waals surface area contributed by atoms with Crippen LogP contribution in [0, 0.1) is 15.9 Å². The number of nitrogens with zero attached hydrogens (tertiary/aromatic N) is 1. The summed E-state index contributed by atoms with van der Waals surface area (Å²) in [5.74, 6) is -1.40. The maximum absolute atomic E-state index is 13.1. The van der Waals surface area contributed by atoms with Crippen molar-refractivity contribution in [3.63, 3.8) is 0 Å². The van der Waals surface area contributed by atoms with Gasteiger partial charge >= 0.3 is 5.69 Å². The Balaban J connectivity index is 2.80. The number of benzene rings is 1. The lowest BCUT2D eigenvalue weighted by Gasteiger charge is -2.09. The van der Waals surface area contributed by atoms with Gasteiger partial charge in [-0.15, -0.1) is 0 Å². The molecule has 0 aliphatic heterocycles. The SMILES string of the molecule is CSC(C)CNC(=O)c1ccc(F)c([N+](=O)[O-])c1. The van der Waals surface area contributed by atoms with Crippen LogP contribution in [-0.4, -0.2) is 28.9 Å². The lowest BCUT2D eigenvalue weighted by Crippen LogP contribution is -2.29. The van der Waals surface area contributed by atoms with Gasteiger partial charge in [-0.1, -0.05) is 6.92 Å². The van der Waals surface area contributed by atoms with E-state index in [4.69, 9.17) is 0 Å². The second kappa shape index (κ2) is 6.34.